The molecule has 0 atom stereocenters. The molecular weight excluding hydrogens is 344 g/mol. The minimum absolute atomic E-state index is 0.170. The number of ether oxygens (including phenoxy) is 1. The fraction of sp³-hybridized carbons (Fsp3) is 0.579. The molecule has 0 bridgehead atoms. The first-order valence-electron chi connectivity index (χ1n) is 9.65. The van der Waals surface area contributed by atoms with Gasteiger partial charge in [-0.25, -0.2) is 4.68 Å². The predicted octanol–water partition coefficient (Wildman–Crippen LogP) is 1.69. The number of nitrogens with zero attached hydrogens (tertiary/aromatic N) is 6. The van der Waals surface area contributed by atoms with E-state index in [9.17, 15) is 4.79 Å². The standard InChI is InChI=1S/C19H26N6O2/c1-27-17-7-5-16(6-8-17)23-11-13-24(14-12-23)18(26)19(9-3-2-4-10-19)25-15-20-21-22-25/h5-8,15H,2-4,9-14H2,1H3. The highest BCUT2D eigenvalue weighted by molar-refractivity contribution is 5.85. The average Bonchev–Trinajstić information content (AvgIpc) is 3.29. The van der Waals surface area contributed by atoms with Gasteiger partial charge >= 0.3 is 0 Å². The van der Waals surface area contributed by atoms with Crippen LogP contribution in [0.1, 0.15) is 32.1 Å². The van der Waals surface area contributed by atoms with Crippen molar-refractivity contribution in [3.63, 3.8) is 0 Å². The molecule has 2 fully saturated rings. The highest BCUT2D eigenvalue weighted by Crippen LogP contribution is 2.36. The van der Waals surface area contributed by atoms with Gasteiger partial charge in [-0.2, -0.15) is 0 Å². The molecule has 144 valence electrons. The molecule has 0 unspecified atom stereocenters. The van der Waals surface area contributed by atoms with Crippen molar-refractivity contribution < 1.29 is 9.53 Å². The quantitative estimate of drug-likeness (QED) is 0.815. The fourth-order valence-corrected chi connectivity index (χ4v) is 4.29. The van der Waals surface area contributed by atoms with Crippen molar-refractivity contribution in [1.29, 1.82) is 0 Å². The van der Waals surface area contributed by atoms with Crippen LogP contribution in [0.5, 0.6) is 5.75 Å². The van der Waals surface area contributed by atoms with E-state index >= 15 is 0 Å². The second-order valence-corrected chi connectivity index (χ2v) is 7.32. The zero-order chi connectivity index (χ0) is 18.7. The molecule has 2 heterocycles. The van der Waals surface area contributed by atoms with Gasteiger partial charge in [0.05, 0.1) is 7.11 Å². The van der Waals surface area contributed by atoms with Gasteiger partial charge in [0.2, 0.25) is 0 Å². The number of amides is 1. The third kappa shape index (κ3) is 3.36. The molecule has 1 aliphatic carbocycles. The molecule has 1 aromatic carbocycles. The Morgan fingerprint density at radius 1 is 1.04 bits per heavy atom. The maximum atomic E-state index is 13.5. The number of rotatable bonds is 4. The van der Waals surface area contributed by atoms with E-state index in [0.717, 1.165) is 63.3 Å². The molecule has 8 nitrogen and oxygen atoms in total. The van der Waals surface area contributed by atoms with Gasteiger partial charge in [-0.3, -0.25) is 4.79 Å². The highest BCUT2D eigenvalue weighted by Gasteiger charge is 2.45. The number of hydrogen-bond acceptors (Lipinski definition) is 6. The monoisotopic (exact) mass is 370 g/mol. The second kappa shape index (κ2) is 7.54. The summed E-state index contributed by atoms with van der Waals surface area (Å²) >= 11 is 0. The summed E-state index contributed by atoms with van der Waals surface area (Å²) in [5.74, 6) is 1.03. The first kappa shape index (κ1) is 17.8. The number of methoxy groups -OCH3 is 1. The summed E-state index contributed by atoms with van der Waals surface area (Å²) in [7, 11) is 1.67. The maximum absolute atomic E-state index is 13.5. The second-order valence-electron chi connectivity index (χ2n) is 7.32. The third-order valence-electron chi connectivity index (χ3n) is 5.87. The molecule has 0 radical (unpaired) electrons. The van der Waals surface area contributed by atoms with Gasteiger partial charge in [0.25, 0.3) is 5.91 Å². The molecular formula is C19H26N6O2. The van der Waals surface area contributed by atoms with E-state index in [1.54, 1.807) is 18.1 Å². The largest absolute Gasteiger partial charge is 0.497 e. The lowest BCUT2D eigenvalue weighted by molar-refractivity contribution is -0.144. The van der Waals surface area contributed by atoms with Crippen molar-refractivity contribution in [3.05, 3.63) is 30.6 Å². The third-order valence-corrected chi connectivity index (χ3v) is 5.87. The molecule has 0 spiro atoms. The van der Waals surface area contributed by atoms with Crippen LogP contribution >= 0.6 is 0 Å². The molecule has 8 heteroatoms. The topological polar surface area (TPSA) is 76.4 Å². The number of anilines is 1. The van der Waals surface area contributed by atoms with Crippen LogP contribution in [0.2, 0.25) is 0 Å². The van der Waals surface area contributed by atoms with Crippen LogP contribution in [0.15, 0.2) is 30.6 Å². The SMILES string of the molecule is COc1ccc(N2CCN(C(=O)C3(n4cnnn4)CCCCC3)CC2)cc1. The van der Waals surface area contributed by atoms with E-state index in [0.29, 0.717) is 0 Å². The Morgan fingerprint density at radius 3 is 2.33 bits per heavy atom. The minimum Gasteiger partial charge on any atom is -0.497 e. The first-order valence-corrected chi connectivity index (χ1v) is 9.65. The molecule has 4 rings (SSSR count). The molecule has 2 aromatic rings. The first-order chi connectivity index (χ1) is 13.2. The Kier molecular flexibility index (Phi) is 4.96. The Hall–Kier alpha value is -2.64. The van der Waals surface area contributed by atoms with Crippen LogP contribution < -0.4 is 9.64 Å². The summed E-state index contributed by atoms with van der Waals surface area (Å²) in [6.45, 7) is 3.08. The summed E-state index contributed by atoms with van der Waals surface area (Å²) in [5.41, 5.74) is 0.556. The van der Waals surface area contributed by atoms with Crippen molar-refractivity contribution >= 4 is 11.6 Å². The number of carbonyl (C=O) groups is 1. The number of piperazine rings is 1. The van der Waals surface area contributed by atoms with Gasteiger partial charge in [0.15, 0.2) is 0 Å². The molecule has 1 aliphatic heterocycles. The average molecular weight is 370 g/mol. The molecule has 1 amide bonds. The highest BCUT2D eigenvalue weighted by atomic mass is 16.5. The van der Waals surface area contributed by atoms with Crippen molar-refractivity contribution in [2.24, 2.45) is 0 Å². The number of aromatic nitrogens is 4. The van der Waals surface area contributed by atoms with E-state index in [1.165, 1.54) is 6.42 Å². The van der Waals surface area contributed by atoms with Crippen molar-refractivity contribution in [2.75, 3.05) is 38.2 Å². The number of hydrogen-bond donors (Lipinski definition) is 0. The van der Waals surface area contributed by atoms with E-state index in [4.69, 9.17) is 4.74 Å². The van der Waals surface area contributed by atoms with Gasteiger partial charge < -0.3 is 14.5 Å². The van der Waals surface area contributed by atoms with Crippen molar-refractivity contribution in [3.8, 4) is 5.75 Å². The summed E-state index contributed by atoms with van der Waals surface area (Å²) in [6, 6.07) is 8.09. The predicted molar refractivity (Wildman–Crippen MR) is 101 cm³/mol. The summed E-state index contributed by atoms with van der Waals surface area (Å²) < 4.78 is 6.93. The zero-order valence-electron chi connectivity index (χ0n) is 15.8. The lowest BCUT2D eigenvalue weighted by Crippen LogP contribution is -2.57. The molecule has 1 aromatic heterocycles. The van der Waals surface area contributed by atoms with Crippen LogP contribution in [0, 0.1) is 0 Å². The Labute approximate surface area is 159 Å². The van der Waals surface area contributed by atoms with Crippen molar-refractivity contribution in [2.45, 2.75) is 37.6 Å². The van der Waals surface area contributed by atoms with Gasteiger partial charge in [-0.1, -0.05) is 19.3 Å². The number of benzene rings is 1. The Morgan fingerprint density at radius 2 is 1.74 bits per heavy atom. The fourth-order valence-electron chi connectivity index (χ4n) is 4.29. The molecule has 1 saturated heterocycles. The van der Waals surface area contributed by atoms with Crippen LogP contribution in [-0.4, -0.2) is 64.3 Å². The van der Waals surface area contributed by atoms with Crippen LogP contribution in [0.3, 0.4) is 0 Å². The number of carbonyl (C=O) groups excluding carboxylic acids is 1. The lowest BCUT2D eigenvalue weighted by Gasteiger charge is -2.42. The lowest BCUT2D eigenvalue weighted by atomic mass is 9.80. The van der Waals surface area contributed by atoms with Crippen LogP contribution in [-0.2, 0) is 10.3 Å². The van der Waals surface area contributed by atoms with E-state index in [2.05, 4.69) is 32.6 Å². The number of tetrazole rings is 1. The Balaban J connectivity index is 1.45. The summed E-state index contributed by atoms with van der Waals surface area (Å²) in [4.78, 5) is 17.8. The smallest absolute Gasteiger partial charge is 0.250 e. The normalized spacial score (nSPS) is 19.7. The van der Waals surface area contributed by atoms with Crippen molar-refractivity contribution in [1.82, 2.24) is 25.1 Å². The van der Waals surface area contributed by atoms with Gasteiger partial charge in [-0.15, -0.1) is 5.10 Å². The van der Waals surface area contributed by atoms with Crippen LogP contribution in [0.25, 0.3) is 0 Å². The molecule has 27 heavy (non-hydrogen) atoms. The van der Waals surface area contributed by atoms with Gasteiger partial charge in [-0.05, 0) is 47.5 Å². The van der Waals surface area contributed by atoms with E-state index in [1.807, 2.05) is 17.0 Å². The van der Waals surface area contributed by atoms with Crippen LogP contribution in [0.4, 0.5) is 5.69 Å². The minimum atomic E-state index is -0.607. The van der Waals surface area contributed by atoms with Gasteiger partial charge in [0.1, 0.15) is 17.6 Å². The summed E-state index contributed by atoms with van der Waals surface area (Å²) in [5, 5.41) is 11.7. The maximum Gasteiger partial charge on any atom is 0.250 e. The van der Waals surface area contributed by atoms with E-state index < -0.39 is 5.54 Å². The zero-order valence-corrected chi connectivity index (χ0v) is 15.8. The Bertz CT molecular complexity index is 747. The molecule has 1 saturated carbocycles. The summed E-state index contributed by atoms with van der Waals surface area (Å²) in [6.07, 6.45) is 6.47. The van der Waals surface area contributed by atoms with E-state index in [-0.39, 0.29) is 5.91 Å². The molecule has 0 N–H and O–H groups in total. The molecule has 2 aliphatic rings. The van der Waals surface area contributed by atoms with Gasteiger partial charge in [0, 0.05) is 31.9 Å².